The van der Waals surface area contributed by atoms with Crippen LogP contribution in [0.3, 0.4) is 0 Å². The van der Waals surface area contributed by atoms with Crippen molar-refractivity contribution in [1.82, 2.24) is 10.3 Å². The first-order valence-electron chi connectivity index (χ1n) is 3.99. The van der Waals surface area contributed by atoms with Crippen LogP contribution in [-0.2, 0) is 0 Å². The van der Waals surface area contributed by atoms with Crippen molar-refractivity contribution >= 4 is 28.4 Å². The quantitative estimate of drug-likeness (QED) is 0.709. The Morgan fingerprint density at radius 3 is 3.00 bits per heavy atom. The Hall–Kier alpha value is -1.63. The molecule has 1 aliphatic heterocycles. The maximum absolute atomic E-state index is 11.2. The SMILES string of the molecule is NC(=O)c1cnc(N2CCNC2=O)s1. The van der Waals surface area contributed by atoms with Crippen molar-refractivity contribution in [3.05, 3.63) is 11.1 Å². The van der Waals surface area contributed by atoms with E-state index in [-0.39, 0.29) is 6.03 Å². The third-order valence-corrected chi connectivity index (χ3v) is 2.86. The first kappa shape index (κ1) is 8.95. The summed E-state index contributed by atoms with van der Waals surface area (Å²) in [6.07, 6.45) is 1.38. The van der Waals surface area contributed by atoms with Gasteiger partial charge in [0.25, 0.3) is 5.91 Å². The molecule has 1 saturated heterocycles. The number of carbonyl (C=O) groups excluding carboxylic acids is 2. The molecule has 3 amide bonds. The van der Waals surface area contributed by atoms with Crippen molar-refractivity contribution in [2.24, 2.45) is 5.73 Å². The number of thiazole rings is 1. The summed E-state index contributed by atoms with van der Waals surface area (Å²) >= 11 is 1.12. The molecule has 0 spiro atoms. The second-order valence-corrected chi connectivity index (χ2v) is 3.76. The fourth-order valence-electron chi connectivity index (χ4n) is 1.16. The molecule has 2 rings (SSSR count). The van der Waals surface area contributed by atoms with E-state index in [4.69, 9.17) is 5.73 Å². The number of aromatic nitrogens is 1. The third-order valence-electron chi connectivity index (χ3n) is 1.82. The van der Waals surface area contributed by atoms with Crippen LogP contribution in [0.1, 0.15) is 9.67 Å². The van der Waals surface area contributed by atoms with Crippen molar-refractivity contribution in [2.45, 2.75) is 0 Å². The van der Waals surface area contributed by atoms with Crippen LogP contribution in [0.2, 0.25) is 0 Å². The van der Waals surface area contributed by atoms with E-state index in [0.717, 1.165) is 11.3 Å². The number of hydrogen-bond acceptors (Lipinski definition) is 4. The normalized spacial score (nSPS) is 15.7. The summed E-state index contributed by atoms with van der Waals surface area (Å²) in [5.74, 6) is -0.520. The molecule has 0 unspecified atom stereocenters. The summed E-state index contributed by atoms with van der Waals surface area (Å²) in [6, 6.07) is -0.185. The van der Waals surface area contributed by atoms with E-state index < -0.39 is 5.91 Å². The smallest absolute Gasteiger partial charge is 0.323 e. The zero-order chi connectivity index (χ0) is 10.1. The summed E-state index contributed by atoms with van der Waals surface area (Å²) in [7, 11) is 0. The van der Waals surface area contributed by atoms with Gasteiger partial charge in [-0.3, -0.25) is 9.69 Å². The molecular formula is C7H8N4O2S. The van der Waals surface area contributed by atoms with Gasteiger partial charge in [0.2, 0.25) is 0 Å². The molecule has 0 bridgehead atoms. The Morgan fingerprint density at radius 1 is 1.71 bits per heavy atom. The Morgan fingerprint density at radius 2 is 2.50 bits per heavy atom. The monoisotopic (exact) mass is 212 g/mol. The summed E-state index contributed by atoms with van der Waals surface area (Å²) < 4.78 is 0. The number of nitrogens with zero attached hydrogens (tertiary/aromatic N) is 2. The fraction of sp³-hybridized carbons (Fsp3) is 0.286. The predicted octanol–water partition coefficient (Wildman–Crippen LogP) is -0.228. The van der Waals surface area contributed by atoms with Crippen molar-refractivity contribution < 1.29 is 9.59 Å². The average Bonchev–Trinajstić information content (AvgIpc) is 2.71. The van der Waals surface area contributed by atoms with Gasteiger partial charge in [-0.1, -0.05) is 11.3 Å². The maximum Gasteiger partial charge on any atom is 0.323 e. The van der Waals surface area contributed by atoms with Crippen molar-refractivity contribution in [1.29, 1.82) is 0 Å². The number of hydrogen-bond donors (Lipinski definition) is 2. The average molecular weight is 212 g/mol. The number of rotatable bonds is 2. The molecule has 74 valence electrons. The molecule has 0 aromatic carbocycles. The predicted molar refractivity (Wildman–Crippen MR) is 51.4 cm³/mol. The molecule has 0 radical (unpaired) electrons. The van der Waals surface area contributed by atoms with Crippen molar-refractivity contribution in [3.8, 4) is 0 Å². The van der Waals surface area contributed by atoms with E-state index in [1.807, 2.05) is 0 Å². The molecule has 1 aromatic rings. The van der Waals surface area contributed by atoms with Gasteiger partial charge >= 0.3 is 6.03 Å². The molecule has 1 aliphatic rings. The second kappa shape index (κ2) is 3.26. The van der Waals surface area contributed by atoms with E-state index >= 15 is 0 Å². The van der Waals surface area contributed by atoms with E-state index in [1.54, 1.807) is 0 Å². The summed E-state index contributed by atoms with van der Waals surface area (Å²) in [5.41, 5.74) is 5.07. The van der Waals surface area contributed by atoms with Crippen LogP contribution < -0.4 is 16.0 Å². The van der Waals surface area contributed by atoms with Crippen LogP contribution in [0.5, 0.6) is 0 Å². The molecular weight excluding hydrogens is 204 g/mol. The van der Waals surface area contributed by atoms with Gasteiger partial charge in [0, 0.05) is 13.1 Å². The molecule has 1 aromatic heterocycles. The van der Waals surface area contributed by atoms with Gasteiger partial charge in [0.1, 0.15) is 4.88 Å². The molecule has 2 heterocycles. The summed E-state index contributed by atoms with van der Waals surface area (Å²) in [4.78, 5) is 27.8. The Balaban J connectivity index is 2.24. The standard InChI is InChI=1S/C7H8N4O2S/c8-5(12)4-3-10-7(14-4)11-2-1-9-6(11)13/h3H,1-2H2,(H2,8,12)(H,9,13). The first-order chi connectivity index (χ1) is 6.68. The number of nitrogens with one attached hydrogen (secondary N) is 1. The molecule has 0 aliphatic carbocycles. The van der Waals surface area contributed by atoms with Gasteiger partial charge in [-0.05, 0) is 0 Å². The Bertz CT molecular complexity index is 389. The lowest BCUT2D eigenvalue weighted by Crippen LogP contribution is -2.27. The highest BCUT2D eigenvalue weighted by molar-refractivity contribution is 7.17. The molecule has 14 heavy (non-hydrogen) atoms. The first-order valence-corrected chi connectivity index (χ1v) is 4.81. The second-order valence-electron chi connectivity index (χ2n) is 2.75. The minimum atomic E-state index is -0.520. The van der Waals surface area contributed by atoms with Gasteiger partial charge in [-0.15, -0.1) is 0 Å². The fourth-order valence-corrected chi connectivity index (χ4v) is 1.95. The largest absolute Gasteiger partial charge is 0.365 e. The number of carbonyl (C=O) groups is 2. The lowest BCUT2D eigenvalue weighted by Gasteiger charge is -2.08. The number of amides is 3. The lowest BCUT2D eigenvalue weighted by atomic mass is 10.5. The zero-order valence-electron chi connectivity index (χ0n) is 7.19. The highest BCUT2D eigenvalue weighted by Crippen LogP contribution is 2.23. The Kier molecular flexibility index (Phi) is 2.08. The van der Waals surface area contributed by atoms with Crippen LogP contribution in [-0.4, -0.2) is 30.0 Å². The molecule has 1 fully saturated rings. The van der Waals surface area contributed by atoms with E-state index in [2.05, 4.69) is 10.3 Å². The van der Waals surface area contributed by atoms with E-state index in [1.165, 1.54) is 11.1 Å². The van der Waals surface area contributed by atoms with Crippen molar-refractivity contribution in [2.75, 3.05) is 18.0 Å². The van der Waals surface area contributed by atoms with Gasteiger partial charge in [0.05, 0.1) is 6.20 Å². The van der Waals surface area contributed by atoms with Crippen LogP contribution in [0, 0.1) is 0 Å². The zero-order valence-corrected chi connectivity index (χ0v) is 8.00. The molecule has 0 atom stereocenters. The van der Waals surface area contributed by atoms with Crippen molar-refractivity contribution in [3.63, 3.8) is 0 Å². The van der Waals surface area contributed by atoms with Crippen LogP contribution in [0.15, 0.2) is 6.20 Å². The topological polar surface area (TPSA) is 88.3 Å². The molecule has 7 heteroatoms. The van der Waals surface area contributed by atoms with Gasteiger partial charge in [0.15, 0.2) is 5.13 Å². The Labute approximate surface area is 83.7 Å². The molecule has 6 nitrogen and oxygen atoms in total. The highest BCUT2D eigenvalue weighted by atomic mass is 32.1. The third kappa shape index (κ3) is 1.41. The van der Waals surface area contributed by atoms with E-state index in [0.29, 0.717) is 23.1 Å². The molecule has 0 saturated carbocycles. The summed E-state index contributed by atoms with van der Waals surface area (Å²) in [5, 5.41) is 3.15. The minimum absolute atomic E-state index is 0.185. The van der Waals surface area contributed by atoms with Crippen LogP contribution >= 0.6 is 11.3 Å². The number of nitrogens with two attached hydrogens (primary N) is 1. The van der Waals surface area contributed by atoms with E-state index in [9.17, 15) is 9.59 Å². The van der Waals surface area contributed by atoms with Gasteiger partial charge < -0.3 is 11.1 Å². The van der Waals surface area contributed by atoms with Crippen LogP contribution in [0.25, 0.3) is 0 Å². The van der Waals surface area contributed by atoms with Gasteiger partial charge in [-0.2, -0.15) is 0 Å². The lowest BCUT2D eigenvalue weighted by molar-refractivity contribution is 0.100. The highest BCUT2D eigenvalue weighted by Gasteiger charge is 2.24. The summed E-state index contributed by atoms with van der Waals surface area (Å²) in [6.45, 7) is 1.18. The molecule has 3 N–H and O–H groups in total. The van der Waals surface area contributed by atoms with Crippen LogP contribution in [0.4, 0.5) is 9.93 Å². The van der Waals surface area contributed by atoms with Gasteiger partial charge in [-0.25, -0.2) is 9.78 Å². The number of primary amides is 1. The number of anilines is 1. The minimum Gasteiger partial charge on any atom is -0.365 e. The maximum atomic E-state index is 11.2. The number of urea groups is 1.